The van der Waals surface area contributed by atoms with Crippen LogP contribution in [0.15, 0.2) is 18.2 Å². The maximum Gasteiger partial charge on any atom is 0.146 e. The lowest BCUT2D eigenvalue weighted by molar-refractivity contribution is 0.410. The molecule has 1 nitrogen and oxygen atoms in total. The van der Waals surface area contributed by atoms with Crippen molar-refractivity contribution in [2.24, 2.45) is 5.41 Å². The van der Waals surface area contributed by atoms with E-state index in [0.717, 1.165) is 30.8 Å². The van der Waals surface area contributed by atoms with Gasteiger partial charge in [0.05, 0.1) is 5.69 Å². The summed E-state index contributed by atoms with van der Waals surface area (Å²) in [4.78, 5) is 2.15. The Labute approximate surface area is 104 Å². The highest BCUT2D eigenvalue weighted by molar-refractivity contribution is 5.50. The van der Waals surface area contributed by atoms with E-state index in [2.05, 4.69) is 31.7 Å². The van der Waals surface area contributed by atoms with E-state index in [1.807, 2.05) is 6.07 Å². The normalized spacial score (nSPS) is 16.6. The summed E-state index contributed by atoms with van der Waals surface area (Å²) in [7, 11) is 0. The Balaban J connectivity index is 2.16. The van der Waals surface area contributed by atoms with E-state index in [9.17, 15) is 4.39 Å². The zero-order chi connectivity index (χ0) is 12.5. The fraction of sp³-hybridized carbons (Fsp3) is 0.600. The Morgan fingerprint density at radius 2 is 1.82 bits per heavy atom. The molecular weight excluding hydrogens is 213 g/mol. The van der Waals surface area contributed by atoms with Crippen molar-refractivity contribution >= 4 is 5.69 Å². The van der Waals surface area contributed by atoms with Crippen molar-refractivity contribution in [1.29, 1.82) is 0 Å². The molecule has 1 fully saturated rings. The molecule has 0 aliphatic carbocycles. The summed E-state index contributed by atoms with van der Waals surface area (Å²) in [6.45, 7) is 8.53. The van der Waals surface area contributed by atoms with Gasteiger partial charge in [-0.3, -0.25) is 0 Å². The molecule has 0 amide bonds. The molecule has 0 radical (unpaired) electrons. The second-order valence-electron chi connectivity index (χ2n) is 6.22. The largest absolute Gasteiger partial charge is 0.369 e. The summed E-state index contributed by atoms with van der Waals surface area (Å²) in [6.07, 6.45) is 3.29. The minimum absolute atomic E-state index is 0.0614. The average Bonchev–Trinajstić information content (AvgIpc) is 2.68. The van der Waals surface area contributed by atoms with Crippen LogP contribution in [0.25, 0.3) is 0 Å². The summed E-state index contributed by atoms with van der Waals surface area (Å²) in [6, 6.07) is 5.72. The van der Waals surface area contributed by atoms with Crippen molar-refractivity contribution in [2.75, 3.05) is 18.0 Å². The van der Waals surface area contributed by atoms with Crippen molar-refractivity contribution in [2.45, 2.75) is 40.0 Å². The zero-order valence-corrected chi connectivity index (χ0v) is 11.1. The van der Waals surface area contributed by atoms with Crippen LogP contribution in [0.1, 0.15) is 39.2 Å². The molecule has 17 heavy (non-hydrogen) atoms. The fourth-order valence-corrected chi connectivity index (χ4v) is 2.49. The van der Waals surface area contributed by atoms with Gasteiger partial charge in [0, 0.05) is 13.1 Å². The zero-order valence-electron chi connectivity index (χ0n) is 11.1. The predicted molar refractivity (Wildman–Crippen MR) is 71.0 cm³/mol. The van der Waals surface area contributed by atoms with Gasteiger partial charge >= 0.3 is 0 Å². The van der Waals surface area contributed by atoms with E-state index < -0.39 is 0 Å². The van der Waals surface area contributed by atoms with Crippen LogP contribution < -0.4 is 4.90 Å². The van der Waals surface area contributed by atoms with Gasteiger partial charge in [-0.2, -0.15) is 0 Å². The SMILES string of the molecule is CC(C)(C)Cc1ccc(N2CCCC2)c(F)c1. The maximum atomic E-state index is 14.0. The van der Waals surface area contributed by atoms with Gasteiger partial charge in [-0.1, -0.05) is 26.8 Å². The number of hydrogen-bond acceptors (Lipinski definition) is 1. The molecule has 0 N–H and O–H groups in total. The first-order valence-electron chi connectivity index (χ1n) is 6.49. The van der Waals surface area contributed by atoms with E-state index in [4.69, 9.17) is 0 Å². The number of anilines is 1. The van der Waals surface area contributed by atoms with Gasteiger partial charge in [0.2, 0.25) is 0 Å². The minimum atomic E-state index is -0.0614. The third-order valence-electron chi connectivity index (χ3n) is 3.19. The van der Waals surface area contributed by atoms with Crippen LogP contribution in [0.5, 0.6) is 0 Å². The molecule has 1 aliphatic rings. The molecule has 0 unspecified atom stereocenters. The highest BCUT2D eigenvalue weighted by Crippen LogP contribution is 2.27. The van der Waals surface area contributed by atoms with Crippen molar-refractivity contribution in [3.63, 3.8) is 0 Å². The summed E-state index contributed by atoms with van der Waals surface area (Å²) < 4.78 is 14.0. The Kier molecular flexibility index (Phi) is 3.41. The van der Waals surface area contributed by atoms with Crippen LogP contribution in [0.2, 0.25) is 0 Å². The van der Waals surface area contributed by atoms with E-state index in [1.54, 1.807) is 6.07 Å². The van der Waals surface area contributed by atoms with Gasteiger partial charge in [-0.25, -0.2) is 4.39 Å². The third-order valence-corrected chi connectivity index (χ3v) is 3.19. The molecule has 1 aromatic carbocycles. The topological polar surface area (TPSA) is 3.24 Å². The lowest BCUT2D eigenvalue weighted by Gasteiger charge is -2.21. The van der Waals surface area contributed by atoms with Crippen molar-refractivity contribution in [3.8, 4) is 0 Å². The molecule has 1 aromatic rings. The second-order valence-corrected chi connectivity index (χ2v) is 6.22. The number of benzene rings is 1. The molecule has 1 aliphatic heterocycles. The summed E-state index contributed by atoms with van der Waals surface area (Å²) in [5, 5.41) is 0. The fourth-order valence-electron chi connectivity index (χ4n) is 2.49. The van der Waals surface area contributed by atoms with Crippen LogP contribution in [0, 0.1) is 11.2 Å². The Morgan fingerprint density at radius 1 is 1.18 bits per heavy atom. The molecule has 2 heteroatoms. The van der Waals surface area contributed by atoms with Crippen LogP contribution in [-0.4, -0.2) is 13.1 Å². The first kappa shape index (κ1) is 12.4. The first-order chi connectivity index (χ1) is 7.96. The lowest BCUT2D eigenvalue weighted by atomic mass is 9.88. The van der Waals surface area contributed by atoms with Gasteiger partial charge in [0.25, 0.3) is 0 Å². The van der Waals surface area contributed by atoms with Crippen molar-refractivity contribution < 1.29 is 4.39 Å². The van der Waals surface area contributed by atoms with Gasteiger partial charge in [0.1, 0.15) is 5.82 Å². The summed E-state index contributed by atoms with van der Waals surface area (Å²) in [5.74, 6) is -0.0614. The van der Waals surface area contributed by atoms with E-state index in [1.165, 1.54) is 12.8 Å². The van der Waals surface area contributed by atoms with Gasteiger partial charge < -0.3 is 4.90 Å². The van der Waals surface area contributed by atoms with Gasteiger partial charge in [-0.05, 0) is 42.4 Å². The smallest absolute Gasteiger partial charge is 0.146 e. The molecule has 0 atom stereocenters. The number of nitrogens with zero attached hydrogens (tertiary/aromatic N) is 1. The molecule has 0 aromatic heterocycles. The van der Waals surface area contributed by atoms with Gasteiger partial charge in [0.15, 0.2) is 0 Å². The Hall–Kier alpha value is -1.05. The number of hydrogen-bond donors (Lipinski definition) is 0. The molecule has 94 valence electrons. The molecule has 1 saturated heterocycles. The molecular formula is C15H22FN. The van der Waals surface area contributed by atoms with Crippen LogP contribution in [0.4, 0.5) is 10.1 Å². The molecule has 2 rings (SSSR count). The van der Waals surface area contributed by atoms with Gasteiger partial charge in [-0.15, -0.1) is 0 Å². The van der Waals surface area contributed by atoms with Crippen LogP contribution in [-0.2, 0) is 6.42 Å². The van der Waals surface area contributed by atoms with Crippen LogP contribution >= 0.6 is 0 Å². The van der Waals surface area contributed by atoms with Crippen molar-refractivity contribution in [3.05, 3.63) is 29.6 Å². The summed E-state index contributed by atoms with van der Waals surface area (Å²) >= 11 is 0. The highest BCUT2D eigenvalue weighted by atomic mass is 19.1. The average molecular weight is 235 g/mol. The highest BCUT2D eigenvalue weighted by Gasteiger charge is 2.17. The van der Waals surface area contributed by atoms with E-state index >= 15 is 0 Å². The summed E-state index contributed by atoms with van der Waals surface area (Å²) in [5.41, 5.74) is 2.08. The molecule has 0 spiro atoms. The third kappa shape index (κ3) is 3.21. The molecule has 0 saturated carbocycles. The lowest BCUT2D eigenvalue weighted by Crippen LogP contribution is -2.19. The maximum absolute atomic E-state index is 14.0. The van der Waals surface area contributed by atoms with E-state index in [0.29, 0.717) is 0 Å². The Morgan fingerprint density at radius 3 is 2.35 bits per heavy atom. The first-order valence-corrected chi connectivity index (χ1v) is 6.49. The minimum Gasteiger partial charge on any atom is -0.369 e. The quantitative estimate of drug-likeness (QED) is 0.748. The molecule has 0 bridgehead atoms. The standard InChI is InChI=1S/C15H22FN/c1-15(2,3)11-12-6-7-14(13(16)10-12)17-8-4-5-9-17/h6-7,10H,4-5,8-9,11H2,1-3H3. The van der Waals surface area contributed by atoms with Crippen molar-refractivity contribution in [1.82, 2.24) is 0 Å². The monoisotopic (exact) mass is 235 g/mol. The Bertz CT molecular complexity index is 386. The number of rotatable bonds is 2. The van der Waals surface area contributed by atoms with Crippen LogP contribution in [0.3, 0.4) is 0 Å². The predicted octanol–water partition coefficient (Wildman–Crippen LogP) is 4.01. The number of halogens is 1. The molecule has 1 heterocycles. The van der Waals surface area contributed by atoms with E-state index in [-0.39, 0.29) is 11.2 Å². The second kappa shape index (κ2) is 4.67.